The van der Waals surface area contributed by atoms with Gasteiger partial charge in [0.1, 0.15) is 24.0 Å². The monoisotopic (exact) mass is 250 g/mol. The highest BCUT2D eigenvalue weighted by Gasteiger charge is 2.23. The number of aliphatic carboxylic acids is 1. The third kappa shape index (κ3) is 3.32. The van der Waals surface area contributed by atoms with E-state index in [-0.39, 0.29) is 5.92 Å². The van der Waals surface area contributed by atoms with E-state index in [4.69, 9.17) is 5.11 Å². The standard InChI is InChI=1S/C12H18N4O2/c1-7(2)11(12(17)18)16-10-5-9(13-6-14-10)15-8-3-4-8/h5-8,11H,3-4H2,1-2H3,(H,17,18)(H2,13,14,15,16)/t11-/m1/s1. The van der Waals surface area contributed by atoms with Crippen molar-refractivity contribution < 1.29 is 9.90 Å². The van der Waals surface area contributed by atoms with Gasteiger partial charge in [0.2, 0.25) is 0 Å². The molecular weight excluding hydrogens is 232 g/mol. The summed E-state index contributed by atoms with van der Waals surface area (Å²) in [6.45, 7) is 3.71. The van der Waals surface area contributed by atoms with Gasteiger partial charge in [0.15, 0.2) is 0 Å². The Balaban J connectivity index is 2.04. The summed E-state index contributed by atoms with van der Waals surface area (Å²) in [5, 5.41) is 15.3. The molecular formula is C12H18N4O2. The second-order valence-corrected chi connectivity index (χ2v) is 4.91. The molecule has 1 fully saturated rings. The van der Waals surface area contributed by atoms with Gasteiger partial charge in [0.05, 0.1) is 0 Å². The fraction of sp³-hybridized carbons (Fsp3) is 0.583. The summed E-state index contributed by atoms with van der Waals surface area (Å²) in [7, 11) is 0. The second kappa shape index (κ2) is 5.20. The SMILES string of the molecule is CC(C)[C@@H](Nc1cc(NC2CC2)ncn1)C(=O)O. The molecule has 1 aliphatic rings. The molecule has 98 valence electrons. The van der Waals surface area contributed by atoms with Crippen LogP contribution >= 0.6 is 0 Å². The van der Waals surface area contributed by atoms with Crippen LogP contribution in [0.3, 0.4) is 0 Å². The van der Waals surface area contributed by atoms with Crippen molar-refractivity contribution in [1.29, 1.82) is 0 Å². The zero-order valence-corrected chi connectivity index (χ0v) is 10.6. The normalized spacial score (nSPS) is 16.4. The molecule has 1 heterocycles. The molecule has 1 saturated carbocycles. The van der Waals surface area contributed by atoms with Crippen LogP contribution in [0.2, 0.25) is 0 Å². The van der Waals surface area contributed by atoms with Crippen LogP contribution in [0, 0.1) is 5.92 Å². The molecule has 0 spiro atoms. The molecule has 0 amide bonds. The number of aromatic nitrogens is 2. The van der Waals surface area contributed by atoms with Crippen LogP contribution in [0.5, 0.6) is 0 Å². The van der Waals surface area contributed by atoms with E-state index in [1.54, 1.807) is 6.07 Å². The lowest BCUT2D eigenvalue weighted by Gasteiger charge is -2.18. The largest absolute Gasteiger partial charge is 0.480 e. The van der Waals surface area contributed by atoms with Crippen molar-refractivity contribution in [3.63, 3.8) is 0 Å². The number of hydrogen-bond acceptors (Lipinski definition) is 5. The first-order valence-electron chi connectivity index (χ1n) is 6.14. The molecule has 2 rings (SSSR count). The number of anilines is 2. The van der Waals surface area contributed by atoms with Crippen LogP contribution in [0.15, 0.2) is 12.4 Å². The predicted molar refractivity (Wildman–Crippen MR) is 68.6 cm³/mol. The third-order valence-electron chi connectivity index (χ3n) is 2.83. The molecule has 6 heteroatoms. The molecule has 0 radical (unpaired) electrons. The number of nitrogens with zero attached hydrogens (tertiary/aromatic N) is 2. The van der Waals surface area contributed by atoms with Gasteiger partial charge in [0, 0.05) is 12.1 Å². The molecule has 18 heavy (non-hydrogen) atoms. The molecule has 6 nitrogen and oxygen atoms in total. The van der Waals surface area contributed by atoms with Crippen molar-refractivity contribution in [3.8, 4) is 0 Å². The Bertz CT molecular complexity index is 432. The smallest absolute Gasteiger partial charge is 0.326 e. The van der Waals surface area contributed by atoms with E-state index in [1.165, 1.54) is 6.33 Å². The minimum atomic E-state index is -0.875. The van der Waals surface area contributed by atoms with Crippen LogP contribution in [0.4, 0.5) is 11.6 Å². The Hall–Kier alpha value is -1.85. The number of carboxylic acids is 1. The van der Waals surface area contributed by atoms with Crippen LogP contribution in [0.25, 0.3) is 0 Å². The first-order chi connectivity index (χ1) is 8.56. The van der Waals surface area contributed by atoms with Gasteiger partial charge in [0.25, 0.3) is 0 Å². The average Bonchev–Trinajstić information content (AvgIpc) is 3.09. The maximum absolute atomic E-state index is 11.1. The minimum Gasteiger partial charge on any atom is -0.480 e. The molecule has 0 saturated heterocycles. The van der Waals surface area contributed by atoms with Crippen molar-refractivity contribution in [1.82, 2.24) is 9.97 Å². The summed E-state index contributed by atoms with van der Waals surface area (Å²) in [5.41, 5.74) is 0. The van der Waals surface area contributed by atoms with E-state index < -0.39 is 12.0 Å². The summed E-state index contributed by atoms with van der Waals surface area (Å²) in [6.07, 6.45) is 3.76. The molecule has 0 aromatic carbocycles. The van der Waals surface area contributed by atoms with E-state index in [0.717, 1.165) is 18.7 Å². The van der Waals surface area contributed by atoms with Gasteiger partial charge >= 0.3 is 5.97 Å². The number of nitrogens with one attached hydrogen (secondary N) is 2. The van der Waals surface area contributed by atoms with Crippen LogP contribution in [-0.4, -0.2) is 33.1 Å². The lowest BCUT2D eigenvalue weighted by atomic mass is 10.1. The molecule has 0 unspecified atom stereocenters. The van der Waals surface area contributed by atoms with Crippen LogP contribution in [-0.2, 0) is 4.79 Å². The van der Waals surface area contributed by atoms with Gasteiger partial charge in [-0.2, -0.15) is 0 Å². The zero-order valence-electron chi connectivity index (χ0n) is 10.6. The topological polar surface area (TPSA) is 87.1 Å². The number of rotatable bonds is 6. The highest BCUT2D eigenvalue weighted by Crippen LogP contribution is 2.24. The lowest BCUT2D eigenvalue weighted by Crippen LogP contribution is -2.34. The highest BCUT2D eigenvalue weighted by atomic mass is 16.4. The second-order valence-electron chi connectivity index (χ2n) is 4.91. The summed E-state index contributed by atoms with van der Waals surface area (Å²) in [4.78, 5) is 19.2. The van der Waals surface area contributed by atoms with Gasteiger partial charge in [-0.3, -0.25) is 0 Å². The molecule has 0 bridgehead atoms. The molecule has 1 aromatic rings. The van der Waals surface area contributed by atoms with E-state index in [0.29, 0.717) is 11.9 Å². The summed E-state index contributed by atoms with van der Waals surface area (Å²) in [6, 6.07) is 1.61. The van der Waals surface area contributed by atoms with Crippen molar-refractivity contribution in [2.24, 2.45) is 5.92 Å². The fourth-order valence-electron chi connectivity index (χ4n) is 1.62. The fourth-order valence-corrected chi connectivity index (χ4v) is 1.62. The molecule has 1 aromatic heterocycles. The summed E-state index contributed by atoms with van der Waals surface area (Å²) < 4.78 is 0. The van der Waals surface area contributed by atoms with Crippen molar-refractivity contribution in [2.75, 3.05) is 10.6 Å². The van der Waals surface area contributed by atoms with E-state index in [2.05, 4.69) is 20.6 Å². The number of carboxylic acid groups (broad SMARTS) is 1. The summed E-state index contributed by atoms with van der Waals surface area (Å²) >= 11 is 0. The minimum absolute atomic E-state index is 0.0164. The molecule has 3 N–H and O–H groups in total. The van der Waals surface area contributed by atoms with Crippen LogP contribution < -0.4 is 10.6 Å². The molecule has 1 atom stereocenters. The number of hydrogen-bond donors (Lipinski definition) is 3. The van der Waals surface area contributed by atoms with Crippen molar-refractivity contribution in [3.05, 3.63) is 12.4 Å². The Morgan fingerprint density at radius 3 is 2.61 bits per heavy atom. The molecule has 1 aliphatic carbocycles. The number of carbonyl (C=O) groups is 1. The van der Waals surface area contributed by atoms with E-state index in [1.807, 2.05) is 13.8 Å². The predicted octanol–water partition coefficient (Wildman–Crippen LogP) is 1.57. The Morgan fingerprint density at radius 1 is 1.39 bits per heavy atom. The van der Waals surface area contributed by atoms with Crippen LogP contribution in [0.1, 0.15) is 26.7 Å². The van der Waals surface area contributed by atoms with E-state index in [9.17, 15) is 4.79 Å². The van der Waals surface area contributed by atoms with Gasteiger partial charge in [-0.15, -0.1) is 0 Å². The van der Waals surface area contributed by atoms with Gasteiger partial charge < -0.3 is 15.7 Å². The lowest BCUT2D eigenvalue weighted by molar-refractivity contribution is -0.138. The quantitative estimate of drug-likeness (QED) is 0.710. The average molecular weight is 250 g/mol. The maximum Gasteiger partial charge on any atom is 0.326 e. The van der Waals surface area contributed by atoms with Gasteiger partial charge in [-0.1, -0.05) is 13.8 Å². The Labute approximate surface area is 106 Å². The van der Waals surface area contributed by atoms with E-state index >= 15 is 0 Å². The Kier molecular flexibility index (Phi) is 3.64. The maximum atomic E-state index is 11.1. The third-order valence-corrected chi connectivity index (χ3v) is 2.83. The van der Waals surface area contributed by atoms with Gasteiger partial charge in [-0.05, 0) is 18.8 Å². The Morgan fingerprint density at radius 2 is 2.06 bits per heavy atom. The first-order valence-corrected chi connectivity index (χ1v) is 6.14. The van der Waals surface area contributed by atoms with Crippen molar-refractivity contribution in [2.45, 2.75) is 38.8 Å². The highest BCUT2D eigenvalue weighted by molar-refractivity contribution is 5.77. The summed E-state index contributed by atoms with van der Waals surface area (Å²) in [5.74, 6) is 0.384. The first kappa shape index (κ1) is 12.6. The van der Waals surface area contributed by atoms with Gasteiger partial charge in [-0.25, -0.2) is 14.8 Å². The van der Waals surface area contributed by atoms with Crippen molar-refractivity contribution >= 4 is 17.6 Å². The molecule has 0 aliphatic heterocycles. The zero-order chi connectivity index (χ0) is 13.1.